The van der Waals surface area contributed by atoms with Gasteiger partial charge in [0.1, 0.15) is 0 Å². The van der Waals surface area contributed by atoms with E-state index < -0.39 is 11.4 Å². The fourth-order valence-corrected chi connectivity index (χ4v) is 0. The Bertz CT molecular complexity index is 80.5. The van der Waals surface area contributed by atoms with Crippen LogP contribution in [-0.4, -0.2) is 18.4 Å². The van der Waals surface area contributed by atoms with Crippen molar-refractivity contribution in [3.05, 3.63) is 0 Å². The number of rotatable bonds is 0. The molecule has 0 aromatic heterocycles. The predicted molar refractivity (Wildman–Crippen MR) is 30.7 cm³/mol. The van der Waals surface area contributed by atoms with E-state index in [1.54, 1.807) is 0 Å². The van der Waals surface area contributed by atoms with Gasteiger partial charge in [0.15, 0.2) is 5.11 Å². The van der Waals surface area contributed by atoms with E-state index >= 15 is 0 Å². The van der Waals surface area contributed by atoms with Gasteiger partial charge in [-0.15, -0.1) is 11.4 Å². The molecule has 0 saturated carbocycles. The van der Waals surface area contributed by atoms with Gasteiger partial charge in [-0.05, 0) is 12.2 Å². The van der Waals surface area contributed by atoms with Crippen molar-refractivity contribution in [2.75, 3.05) is 0 Å². The fourth-order valence-electron chi connectivity index (χ4n) is 0. The van der Waals surface area contributed by atoms with Crippen LogP contribution in [0.3, 0.4) is 0 Å². The molecular formula is CH4N2Na2O3S2. The fraction of sp³-hybridized carbons (Fsp3) is 0. The van der Waals surface area contributed by atoms with Crippen molar-refractivity contribution in [1.29, 1.82) is 0 Å². The van der Waals surface area contributed by atoms with E-state index in [1.807, 2.05) is 0 Å². The average molecular weight is 202 g/mol. The zero-order valence-electron chi connectivity index (χ0n) is 5.70. The van der Waals surface area contributed by atoms with Gasteiger partial charge in [0.05, 0.1) is 0 Å². The van der Waals surface area contributed by atoms with Crippen molar-refractivity contribution >= 4 is 28.7 Å². The molecule has 0 fully saturated rings. The average Bonchev–Trinajstić information content (AvgIpc) is 1.25. The second-order valence-electron chi connectivity index (χ2n) is 0.606. The molecule has 0 radical (unpaired) electrons. The van der Waals surface area contributed by atoms with E-state index in [-0.39, 0.29) is 64.2 Å². The summed E-state index contributed by atoms with van der Waals surface area (Å²) in [6.45, 7) is 0. The summed E-state index contributed by atoms with van der Waals surface area (Å²) in [4.78, 5) is 0. The van der Waals surface area contributed by atoms with Crippen LogP contribution >= 0.6 is 12.2 Å². The normalized spacial score (nSPS) is 5.90. The van der Waals surface area contributed by atoms with E-state index in [0.717, 1.165) is 0 Å². The minimum atomic E-state index is -3.11. The summed E-state index contributed by atoms with van der Waals surface area (Å²) in [6.07, 6.45) is 0. The smallest absolute Gasteiger partial charge is 0.784 e. The molecule has 0 rings (SSSR count). The molecule has 0 spiro atoms. The maximum absolute atomic E-state index is 8.44. The quantitative estimate of drug-likeness (QED) is 0.229. The Labute approximate surface area is 111 Å². The number of hydrogen-bond donors (Lipinski definition) is 2. The Morgan fingerprint density at radius 1 is 1.30 bits per heavy atom. The Morgan fingerprint density at radius 2 is 1.30 bits per heavy atom. The van der Waals surface area contributed by atoms with E-state index in [0.29, 0.717) is 0 Å². The molecule has 9 heteroatoms. The van der Waals surface area contributed by atoms with E-state index in [1.165, 1.54) is 0 Å². The van der Waals surface area contributed by atoms with Crippen LogP contribution in [0.15, 0.2) is 0 Å². The summed E-state index contributed by atoms with van der Waals surface area (Å²) >= 11 is 0.981. The Kier molecular flexibility index (Phi) is 38.5. The molecule has 0 saturated heterocycles. The van der Waals surface area contributed by atoms with E-state index in [9.17, 15) is 0 Å². The molecular weight excluding hydrogens is 198 g/mol. The second-order valence-corrected chi connectivity index (χ2v) is 1.49. The van der Waals surface area contributed by atoms with Crippen LogP contribution in [-0.2, 0) is 11.4 Å². The molecule has 0 aromatic rings. The first kappa shape index (κ1) is 22.6. The minimum absolute atomic E-state index is 0. The molecule has 5 nitrogen and oxygen atoms in total. The molecule has 0 aromatic carbocycles. The summed E-state index contributed by atoms with van der Waals surface area (Å²) in [6, 6.07) is 0. The maximum atomic E-state index is 8.44. The molecule has 0 unspecified atom stereocenters. The van der Waals surface area contributed by atoms with Crippen molar-refractivity contribution in [2.45, 2.75) is 0 Å². The largest absolute Gasteiger partial charge is 1.00 e. The first-order valence-corrected chi connectivity index (χ1v) is 2.69. The zero-order valence-corrected chi connectivity index (χ0v) is 11.3. The number of thiocarbonyl (C=S) groups is 1. The molecule has 0 aliphatic rings. The third-order valence-corrected chi connectivity index (χ3v) is 0. The first-order valence-electron chi connectivity index (χ1n) is 1.28. The Hall–Kier alpha value is 1.76. The Morgan fingerprint density at radius 3 is 1.30 bits per heavy atom. The third-order valence-electron chi connectivity index (χ3n) is 0. The summed E-state index contributed by atoms with van der Waals surface area (Å²) in [5, 5.41) is 0.000000000000000222. The number of hydrogen-bond acceptors (Lipinski definition) is 4. The summed E-state index contributed by atoms with van der Waals surface area (Å²) in [5.41, 5.74) is 9.24. The molecule has 0 aliphatic carbocycles. The SMILES string of the molecule is NC(N)=S.O=S([O-])[O-].[Na+].[Na+]. The monoisotopic (exact) mass is 202 g/mol. The van der Waals surface area contributed by atoms with Gasteiger partial charge in [0, 0.05) is 0 Å². The van der Waals surface area contributed by atoms with Crippen molar-refractivity contribution in [2.24, 2.45) is 11.5 Å². The van der Waals surface area contributed by atoms with Gasteiger partial charge >= 0.3 is 59.1 Å². The van der Waals surface area contributed by atoms with Gasteiger partial charge in [0.2, 0.25) is 0 Å². The Balaban J connectivity index is -0.0000000300. The van der Waals surface area contributed by atoms with Crippen LogP contribution in [0, 0.1) is 0 Å². The van der Waals surface area contributed by atoms with Gasteiger partial charge in [-0.25, -0.2) is 0 Å². The molecule has 50 valence electrons. The third kappa shape index (κ3) is 242. The van der Waals surface area contributed by atoms with Crippen molar-refractivity contribution in [3.63, 3.8) is 0 Å². The molecule has 0 heterocycles. The van der Waals surface area contributed by atoms with Crippen molar-refractivity contribution < 1.29 is 72.4 Å². The van der Waals surface area contributed by atoms with Crippen LogP contribution in [0.4, 0.5) is 0 Å². The predicted octanol–water partition coefficient (Wildman–Crippen LogP) is -7.81. The number of nitrogens with two attached hydrogens (primary N) is 2. The van der Waals surface area contributed by atoms with E-state index in [4.69, 9.17) is 13.3 Å². The first-order chi connectivity index (χ1) is 3.46. The zero-order chi connectivity index (χ0) is 7.15. The summed E-state index contributed by atoms with van der Waals surface area (Å²) < 4.78 is 25.3. The maximum Gasteiger partial charge on any atom is 1.00 e. The van der Waals surface area contributed by atoms with Crippen LogP contribution in [0.5, 0.6) is 0 Å². The van der Waals surface area contributed by atoms with Crippen molar-refractivity contribution in [3.8, 4) is 0 Å². The van der Waals surface area contributed by atoms with Crippen molar-refractivity contribution in [1.82, 2.24) is 0 Å². The van der Waals surface area contributed by atoms with Crippen LogP contribution in [0.1, 0.15) is 0 Å². The molecule has 4 N–H and O–H groups in total. The van der Waals surface area contributed by atoms with Crippen LogP contribution in [0.25, 0.3) is 0 Å². The van der Waals surface area contributed by atoms with E-state index in [2.05, 4.69) is 23.7 Å². The van der Waals surface area contributed by atoms with Gasteiger partial charge in [0.25, 0.3) is 0 Å². The van der Waals surface area contributed by atoms with Gasteiger partial charge in [-0.1, -0.05) is 0 Å². The molecule has 0 amide bonds. The topological polar surface area (TPSA) is 115 Å². The van der Waals surface area contributed by atoms with Gasteiger partial charge < -0.3 is 20.6 Å². The molecule has 0 aliphatic heterocycles. The summed E-state index contributed by atoms with van der Waals surface area (Å²) in [5.74, 6) is 0. The second kappa shape index (κ2) is 17.0. The van der Waals surface area contributed by atoms with Gasteiger partial charge in [-0.2, -0.15) is 0 Å². The standard InChI is InChI=1S/CH4N2S.2Na.H2O3S/c2-1(3)4;;;1-4(2)3/h(H4,2,3,4);;;(H2,1,2,3)/q;2*+1;/p-2. The molecule has 10 heavy (non-hydrogen) atoms. The van der Waals surface area contributed by atoms with Gasteiger partial charge in [-0.3, -0.25) is 4.21 Å². The van der Waals surface area contributed by atoms with Crippen LogP contribution in [0.2, 0.25) is 0 Å². The minimum Gasteiger partial charge on any atom is -0.784 e. The summed E-state index contributed by atoms with van der Waals surface area (Å²) in [7, 11) is 0. The molecule has 0 atom stereocenters. The van der Waals surface area contributed by atoms with Crippen LogP contribution < -0.4 is 70.6 Å². The molecule has 0 bridgehead atoms.